The molecule has 1 saturated heterocycles. The van der Waals surface area contributed by atoms with Crippen molar-refractivity contribution in [3.8, 4) is 0 Å². The average molecular weight is 275 g/mol. The largest absolute Gasteiger partial charge is 0.697 e. The van der Waals surface area contributed by atoms with Crippen LogP contribution in [-0.4, -0.2) is 41.9 Å². The SMILES string of the molecule is [S-]C1=NC(CCc2ccccc2)=N[N+]12CCOCC2. The zero-order chi connectivity index (χ0) is 13.1. The maximum atomic E-state index is 5.39. The van der Waals surface area contributed by atoms with Gasteiger partial charge < -0.3 is 17.4 Å². The highest BCUT2D eigenvalue weighted by atomic mass is 32.1. The lowest BCUT2D eigenvalue weighted by Crippen LogP contribution is -2.52. The maximum absolute atomic E-state index is 5.39. The molecule has 1 spiro atoms. The third-order valence-electron chi connectivity index (χ3n) is 3.58. The molecule has 0 aliphatic carbocycles. The monoisotopic (exact) mass is 275 g/mol. The first kappa shape index (κ1) is 12.7. The zero-order valence-corrected chi connectivity index (χ0v) is 11.6. The Morgan fingerprint density at radius 3 is 2.58 bits per heavy atom. The third kappa shape index (κ3) is 2.68. The van der Waals surface area contributed by atoms with Gasteiger partial charge in [0, 0.05) is 6.42 Å². The fourth-order valence-corrected chi connectivity index (χ4v) is 2.76. The number of amidine groups is 2. The zero-order valence-electron chi connectivity index (χ0n) is 10.8. The van der Waals surface area contributed by atoms with E-state index in [2.05, 4.69) is 29.3 Å². The first-order valence-corrected chi connectivity index (χ1v) is 7.03. The van der Waals surface area contributed by atoms with E-state index in [4.69, 9.17) is 22.5 Å². The fourth-order valence-electron chi connectivity index (χ4n) is 2.43. The smallest absolute Gasteiger partial charge is 0.188 e. The van der Waals surface area contributed by atoms with Crippen LogP contribution in [0.2, 0.25) is 0 Å². The quantitative estimate of drug-likeness (QED) is 0.621. The maximum Gasteiger partial charge on any atom is 0.188 e. The molecule has 2 aliphatic rings. The minimum absolute atomic E-state index is 0.486. The summed E-state index contributed by atoms with van der Waals surface area (Å²) in [5, 5.41) is 5.44. The summed E-state index contributed by atoms with van der Waals surface area (Å²) in [7, 11) is 0. The van der Waals surface area contributed by atoms with E-state index in [0.717, 1.165) is 31.8 Å². The van der Waals surface area contributed by atoms with Crippen molar-refractivity contribution in [3.63, 3.8) is 0 Å². The van der Waals surface area contributed by atoms with Crippen molar-refractivity contribution in [3.05, 3.63) is 35.9 Å². The summed E-state index contributed by atoms with van der Waals surface area (Å²) in [4.78, 5) is 4.48. The van der Waals surface area contributed by atoms with Crippen LogP contribution in [-0.2, 0) is 23.8 Å². The van der Waals surface area contributed by atoms with Crippen molar-refractivity contribution in [2.45, 2.75) is 12.8 Å². The molecule has 5 heteroatoms. The van der Waals surface area contributed by atoms with Crippen molar-refractivity contribution in [2.75, 3.05) is 26.3 Å². The van der Waals surface area contributed by atoms with Crippen LogP contribution in [0.3, 0.4) is 0 Å². The predicted molar refractivity (Wildman–Crippen MR) is 77.8 cm³/mol. The molecule has 0 bridgehead atoms. The summed E-state index contributed by atoms with van der Waals surface area (Å²) in [5.74, 6) is 0.885. The van der Waals surface area contributed by atoms with Crippen LogP contribution >= 0.6 is 0 Å². The van der Waals surface area contributed by atoms with Crippen molar-refractivity contribution < 1.29 is 9.33 Å². The number of hydrogen-bond acceptors (Lipinski definition) is 4. The molecule has 0 unspecified atom stereocenters. The van der Waals surface area contributed by atoms with E-state index < -0.39 is 0 Å². The summed E-state index contributed by atoms with van der Waals surface area (Å²) < 4.78 is 5.87. The Kier molecular flexibility index (Phi) is 3.59. The van der Waals surface area contributed by atoms with Gasteiger partial charge in [-0.25, -0.2) is 0 Å². The van der Waals surface area contributed by atoms with Crippen molar-refractivity contribution in [1.29, 1.82) is 0 Å². The van der Waals surface area contributed by atoms with Crippen molar-refractivity contribution >= 4 is 23.6 Å². The molecule has 19 heavy (non-hydrogen) atoms. The van der Waals surface area contributed by atoms with Crippen LogP contribution in [0.15, 0.2) is 40.4 Å². The van der Waals surface area contributed by atoms with E-state index in [1.807, 2.05) is 6.07 Å². The van der Waals surface area contributed by atoms with E-state index >= 15 is 0 Å². The molecule has 1 aromatic carbocycles. The number of benzene rings is 1. The second-order valence-electron chi connectivity index (χ2n) is 4.88. The van der Waals surface area contributed by atoms with Crippen LogP contribution in [0.5, 0.6) is 0 Å². The van der Waals surface area contributed by atoms with Gasteiger partial charge in [-0.15, -0.1) is 0 Å². The molecular formula is C14H17N3OS. The van der Waals surface area contributed by atoms with Gasteiger partial charge in [0.05, 0.1) is 13.2 Å². The number of hydrogen-bond donors (Lipinski definition) is 0. The second-order valence-corrected chi connectivity index (χ2v) is 5.24. The molecule has 0 radical (unpaired) electrons. The molecule has 1 aromatic rings. The van der Waals surface area contributed by atoms with E-state index in [1.165, 1.54) is 5.56 Å². The summed E-state index contributed by atoms with van der Waals surface area (Å²) >= 11 is 5.39. The third-order valence-corrected chi connectivity index (χ3v) is 4.01. The Morgan fingerprint density at radius 1 is 1.11 bits per heavy atom. The lowest BCUT2D eigenvalue weighted by atomic mass is 10.1. The minimum Gasteiger partial charge on any atom is -0.697 e. The first-order valence-electron chi connectivity index (χ1n) is 6.63. The highest BCUT2D eigenvalue weighted by Gasteiger charge is 2.35. The molecule has 2 heterocycles. The van der Waals surface area contributed by atoms with Gasteiger partial charge in [-0.05, 0) is 12.0 Å². The lowest BCUT2D eigenvalue weighted by Gasteiger charge is -2.35. The number of nitrogens with zero attached hydrogens (tertiary/aromatic N) is 3. The molecule has 0 atom stereocenters. The van der Waals surface area contributed by atoms with Crippen LogP contribution < -0.4 is 0 Å². The van der Waals surface area contributed by atoms with Gasteiger partial charge in [0.15, 0.2) is 5.84 Å². The number of ether oxygens (including phenoxy) is 1. The van der Waals surface area contributed by atoms with Gasteiger partial charge in [-0.1, -0.05) is 35.4 Å². The van der Waals surface area contributed by atoms with E-state index in [9.17, 15) is 0 Å². The summed E-state index contributed by atoms with van der Waals surface area (Å²) in [6.45, 7) is 3.06. The van der Waals surface area contributed by atoms with Crippen molar-refractivity contribution in [1.82, 2.24) is 0 Å². The molecular weight excluding hydrogens is 258 g/mol. The molecule has 0 amide bonds. The van der Waals surface area contributed by atoms with Crippen LogP contribution in [0.4, 0.5) is 0 Å². The Morgan fingerprint density at radius 2 is 1.84 bits per heavy atom. The van der Waals surface area contributed by atoms with Crippen LogP contribution in [0, 0.1) is 0 Å². The second kappa shape index (κ2) is 5.36. The van der Waals surface area contributed by atoms with Gasteiger partial charge in [0.1, 0.15) is 18.3 Å². The number of aliphatic imine (C=N–C) groups is 1. The topological polar surface area (TPSA) is 34.0 Å². The highest BCUT2D eigenvalue weighted by Crippen LogP contribution is 2.21. The number of rotatable bonds is 3. The van der Waals surface area contributed by atoms with E-state index in [-0.39, 0.29) is 0 Å². The number of morpholine rings is 1. The Hall–Kier alpha value is -1.30. The van der Waals surface area contributed by atoms with Gasteiger partial charge in [-0.2, -0.15) is 9.58 Å². The van der Waals surface area contributed by atoms with E-state index in [0.29, 0.717) is 23.0 Å². The van der Waals surface area contributed by atoms with Crippen LogP contribution in [0.1, 0.15) is 12.0 Å². The number of aryl methyl sites for hydroxylation is 1. The van der Waals surface area contributed by atoms with Gasteiger partial charge in [-0.3, -0.25) is 0 Å². The van der Waals surface area contributed by atoms with Crippen LogP contribution in [0.25, 0.3) is 0 Å². The standard InChI is InChI=1S/C14H17N3OS/c19-14-15-13(7-6-12-4-2-1-3-5-12)16-17(14)8-10-18-11-9-17/h1-5H,6-11H2. The Bertz CT molecular complexity index is 507. The Labute approximate surface area is 118 Å². The molecule has 2 aliphatic heterocycles. The summed E-state index contributed by atoms with van der Waals surface area (Å²) in [6.07, 6.45) is 1.81. The van der Waals surface area contributed by atoms with E-state index in [1.54, 1.807) is 0 Å². The molecule has 3 rings (SSSR count). The molecule has 0 aromatic heterocycles. The molecule has 0 N–H and O–H groups in total. The fraction of sp³-hybridized carbons (Fsp3) is 0.429. The number of quaternary nitrogens is 1. The van der Waals surface area contributed by atoms with Gasteiger partial charge in [0.25, 0.3) is 0 Å². The molecule has 0 saturated carbocycles. The van der Waals surface area contributed by atoms with Gasteiger partial charge in [0.2, 0.25) is 0 Å². The highest BCUT2D eigenvalue weighted by molar-refractivity contribution is 7.76. The molecule has 1 fully saturated rings. The predicted octanol–water partition coefficient (Wildman–Crippen LogP) is 1.70. The first-order chi connectivity index (χ1) is 9.28. The average Bonchev–Trinajstić information content (AvgIpc) is 2.75. The molecule has 4 nitrogen and oxygen atoms in total. The normalized spacial score (nSPS) is 21.3. The lowest BCUT2D eigenvalue weighted by molar-refractivity contribution is -0.851. The minimum atomic E-state index is 0.486. The Balaban J connectivity index is 1.68. The molecule has 100 valence electrons. The summed E-state index contributed by atoms with van der Waals surface area (Å²) in [6, 6.07) is 10.4. The van der Waals surface area contributed by atoms with Gasteiger partial charge >= 0.3 is 0 Å². The van der Waals surface area contributed by atoms with Crippen molar-refractivity contribution in [2.24, 2.45) is 10.1 Å². The summed E-state index contributed by atoms with van der Waals surface area (Å²) in [5.41, 5.74) is 1.31.